The second-order valence-corrected chi connectivity index (χ2v) is 19.7. The minimum absolute atomic E-state index is 0.144. The van der Waals surface area contributed by atoms with E-state index in [9.17, 15) is 4.79 Å². The SMILES string of the molecule is C[Si](C)(C)C1([Si](C)(C)C)c2ccccc2-c2ccc(C=O)cc21. The number of aldehydes is 1. The Morgan fingerprint density at radius 1 is 0.783 bits per heavy atom. The molecule has 0 saturated heterocycles. The van der Waals surface area contributed by atoms with E-state index in [2.05, 4.69) is 75.7 Å². The molecule has 0 N–H and O–H groups in total. The molecule has 0 heterocycles. The lowest BCUT2D eigenvalue weighted by atomic mass is 10.0. The van der Waals surface area contributed by atoms with Gasteiger partial charge in [-0.2, -0.15) is 0 Å². The van der Waals surface area contributed by atoms with Crippen LogP contribution in [0.3, 0.4) is 0 Å². The largest absolute Gasteiger partial charge is 0.298 e. The van der Waals surface area contributed by atoms with Crippen molar-refractivity contribution in [3.05, 3.63) is 59.2 Å². The number of benzene rings is 2. The molecule has 0 saturated carbocycles. The van der Waals surface area contributed by atoms with Gasteiger partial charge in [0.1, 0.15) is 6.29 Å². The molecule has 0 aliphatic heterocycles. The summed E-state index contributed by atoms with van der Waals surface area (Å²) in [6.07, 6.45) is 0.989. The van der Waals surface area contributed by atoms with E-state index >= 15 is 0 Å². The Kier molecular flexibility index (Phi) is 3.58. The fourth-order valence-corrected chi connectivity index (χ4v) is 18.2. The summed E-state index contributed by atoms with van der Waals surface area (Å²) in [7, 11) is -3.20. The molecule has 0 radical (unpaired) electrons. The van der Waals surface area contributed by atoms with Gasteiger partial charge in [0.25, 0.3) is 0 Å². The Labute approximate surface area is 141 Å². The molecule has 120 valence electrons. The first kappa shape index (κ1) is 16.4. The van der Waals surface area contributed by atoms with Crippen LogP contribution in [0.15, 0.2) is 42.5 Å². The predicted octanol–water partition coefficient (Wildman–Crippen LogP) is 5.52. The van der Waals surface area contributed by atoms with Gasteiger partial charge in [-0.05, 0) is 28.3 Å². The molecular weight excluding hydrogens is 312 g/mol. The Bertz CT molecular complexity index is 765. The number of fused-ring (bicyclic) bond motifs is 3. The fraction of sp³-hybridized carbons (Fsp3) is 0.350. The second-order valence-electron chi connectivity index (χ2n) is 8.72. The van der Waals surface area contributed by atoms with Crippen LogP contribution in [-0.4, -0.2) is 22.4 Å². The van der Waals surface area contributed by atoms with Crippen molar-refractivity contribution in [3.8, 4) is 11.1 Å². The molecule has 0 amide bonds. The van der Waals surface area contributed by atoms with Gasteiger partial charge in [0.05, 0.1) is 16.1 Å². The van der Waals surface area contributed by atoms with Crippen LogP contribution in [0.2, 0.25) is 39.3 Å². The van der Waals surface area contributed by atoms with Crippen LogP contribution in [0.4, 0.5) is 0 Å². The molecule has 2 aromatic rings. The molecule has 0 atom stereocenters. The van der Waals surface area contributed by atoms with Crippen LogP contribution >= 0.6 is 0 Å². The molecule has 1 nitrogen and oxygen atoms in total. The summed E-state index contributed by atoms with van der Waals surface area (Å²) >= 11 is 0. The Balaban J connectivity index is 2.52. The Morgan fingerprint density at radius 3 is 1.91 bits per heavy atom. The number of carbonyl (C=O) groups excluding carboxylic acids is 1. The maximum Gasteiger partial charge on any atom is 0.150 e. The van der Waals surface area contributed by atoms with Gasteiger partial charge in [-0.15, -0.1) is 0 Å². The normalized spacial score (nSPS) is 15.9. The average Bonchev–Trinajstić information content (AvgIpc) is 2.76. The molecule has 0 unspecified atom stereocenters. The highest BCUT2D eigenvalue weighted by atomic mass is 28.4. The van der Waals surface area contributed by atoms with E-state index in [1.807, 2.05) is 6.07 Å². The fourth-order valence-electron chi connectivity index (χ4n) is 5.11. The van der Waals surface area contributed by atoms with Crippen molar-refractivity contribution in [1.82, 2.24) is 0 Å². The average molecular weight is 339 g/mol. The van der Waals surface area contributed by atoms with Gasteiger partial charge in [0.15, 0.2) is 0 Å². The van der Waals surface area contributed by atoms with E-state index in [1.54, 1.807) is 0 Å². The lowest BCUT2D eigenvalue weighted by Gasteiger charge is -2.51. The minimum Gasteiger partial charge on any atom is -0.298 e. The first-order valence-corrected chi connectivity index (χ1v) is 15.3. The second kappa shape index (κ2) is 5.02. The number of hydrogen-bond donors (Lipinski definition) is 0. The Hall–Kier alpha value is -1.46. The highest BCUT2D eigenvalue weighted by Gasteiger charge is 2.58. The van der Waals surface area contributed by atoms with Gasteiger partial charge in [-0.3, -0.25) is 4.79 Å². The highest BCUT2D eigenvalue weighted by Crippen LogP contribution is 2.57. The van der Waals surface area contributed by atoms with Crippen LogP contribution in [0.1, 0.15) is 21.5 Å². The summed E-state index contributed by atoms with van der Waals surface area (Å²) in [6.45, 7) is 14.9. The third-order valence-corrected chi connectivity index (χ3v) is 15.5. The zero-order valence-electron chi connectivity index (χ0n) is 15.0. The standard InChI is InChI=1S/C20H26OSi2/c1-22(2,3)20(23(4,5)6)18-10-8-7-9-16(18)17-12-11-15(14-21)13-19(17)20/h7-14H,1-6H3. The van der Waals surface area contributed by atoms with Crippen molar-refractivity contribution < 1.29 is 4.79 Å². The summed E-state index contributed by atoms with van der Waals surface area (Å²) in [4.78, 5) is 11.4. The highest BCUT2D eigenvalue weighted by molar-refractivity contribution is 6.99. The van der Waals surface area contributed by atoms with E-state index in [0.29, 0.717) is 0 Å². The van der Waals surface area contributed by atoms with Crippen LogP contribution < -0.4 is 0 Å². The van der Waals surface area contributed by atoms with Crippen molar-refractivity contribution in [1.29, 1.82) is 0 Å². The smallest absolute Gasteiger partial charge is 0.150 e. The summed E-state index contributed by atoms with van der Waals surface area (Å²) in [6, 6.07) is 15.2. The maximum absolute atomic E-state index is 11.4. The minimum atomic E-state index is -1.60. The zero-order valence-corrected chi connectivity index (χ0v) is 17.0. The van der Waals surface area contributed by atoms with Gasteiger partial charge in [0, 0.05) is 10.2 Å². The molecule has 2 aromatic carbocycles. The predicted molar refractivity (Wildman–Crippen MR) is 105 cm³/mol. The number of hydrogen-bond acceptors (Lipinski definition) is 1. The Morgan fingerprint density at radius 2 is 1.35 bits per heavy atom. The molecule has 3 heteroatoms. The van der Waals surface area contributed by atoms with Gasteiger partial charge < -0.3 is 0 Å². The summed E-state index contributed by atoms with van der Waals surface area (Å²) in [5.74, 6) is 0. The van der Waals surface area contributed by atoms with E-state index in [1.165, 1.54) is 22.3 Å². The summed E-state index contributed by atoms with van der Waals surface area (Å²) in [5.41, 5.74) is 6.45. The molecular formula is C20H26OSi2. The molecule has 0 fully saturated rings. The van der Waals surface area contributed by atoms with Gasteiger partial charge in [-0.25, -0.2) is 0 Å². The molecule has 1 aliphatic rings. The summed E-state index contributed by atoms with van der Waals surface area (Å²) in [5, 5.41) is 0. The third kappa shape index (κ3) is 2.06. The van der Waals surface area contributed by atoms with Crippen LogP contribution in [0.5, 0.6) is 0 Å². The van der Waals surface area contributed by atoms with Crippen molar-refractivity contribution in [2.45, 2.75) is 43.9 Å². The molecule has 0 bridgehead atoms. The quantitative estimate of drug-likeness (QED) is 0.532. The lowest BCUT2D eigenvalue weighted by Crippen LogP contribution is -2.63. The van der Waals surface area contributed by atoms with Crippen LogP contribution in [0.25, 0.3) is 11.1 Å². The van der Waals surface area contributed by atoms with Crippen molar-refractivity contribution in [3.63, 3.8) is 0 Å². The zero-order chi connectivity index (χ0) is 17.0. The van der Waals surface area contributed by atoms with Gasteiger partial charge >= 0.3 is 0 Å². The van der Waals surface area contributed by atoms with E-state index in [0.717, 1.165) is 11.8 Å². The number of rotatable bonds is 3. The van der Waals surface area contributed by atoms with Crippen LogP contribution in [-0.2, 0) is 4.66 Å². The number of carbonyl (C=O) groups is 1. The molecule has 3 rings (SSSR count). The maximum atomic E-state index is 11.4. The monoisotopic (exact) mass is 338 g/mol. The first-order valence-electron chi connectivity index (χ1n) is 8.34. The van der Waals surface area contributed by atoms with Crippen LogP contribution in [0, 0.1) is 0 Å². The lowest BCUT2D eigenvalue weighted by molar-refractivity contribution is 0.112. The van der Waals surface area contributed by atoms with Gasteiger partial charge in [-0.1, -0.05) is 75.7 Å². The van der Waals surface area contributed by atoms with Crippen molar-refractivity contribution >= 4 is 22.4 Å². The topological polar surface area (TPSA) is 17.1 Å². The molecule has 0 spiro atoms. The van der Waals surface area contributed by atoms with Gasteiger partial charge in [0.2, 0.25) is 0 Å². The third-order valence-electron chi connectivity index (χ3n) is 5.45. The molecule has 23 heavy (non-hydrogen) atoms. The first-order chi connectivity index (χ1) is 10.6. The summed E-state index contributed by atoms with van der Waals surface area (Å²) < 4.78 is 0.144. The van der Waals surface area contributed by atoms with Crippen molar-refractivity contribution in [2.24, 2.45) is 0 Å². The van der Waals surface area contributed by atoms with E-state index < -0.39 is 16.1 Å². The van der Waals surface area contributed by atoms with Crippen molar-refractivity contribution in [2.75, 3.05) is 0 Å². The van der Waals surface area contributed by atoms with E-state index in [-0.39, 0.29) is 4.66 Å². The molecule has 1 aliphatic carbocycles. The molecule has 0 aromatic heterocycles. The van der Waals surface area contributed by atoms with E-state index in [4.69, 9.17) is 0 Å².